The van der Waals surface area contributed by atoms with E-state index in [0.29, 0.717) is 12.4 Å². The summed E-state index contributed by atoms with van der Waals surface area (Å²) in [6.07, 6.45) is 1.99. The number of nitrogens with zero attached hydrogens (tertiary/aromatic N) is 2. The van der Waals surface area contributed by atoms with E-state index in [-0.39, 0.29) is 6.10 Å². The maximum Gasteiger partial charge on any atom is 0.159 e. The second-order valence-corrected chi connectivity index (χ2v) is 5.10. The van der Waals surface area contributed by atoms with Crippen LogP contribution in [0.1, 0.15) is 49.9 Å². The van der Waals surface area contributed by atoms with Gasteiger partial charge in [0, 0.05) is 23.7 Å². The van der Waals surface area contributed by atoms with E-state index in [1.807, 2.05) is 18.7 Å². The highest BCUT2D eigenvalue weighted by molar-refractivity contribution is 7.98. The Morgan fingerprint density at radius 1 is 1.35 bits per heavy atom. The molecule has 0 saturated carbocycles. The Hall–Kier alpha value is -0.810. The van der Waals surface area contributed by atoms with E-state index in [0.717, 1.165) is 41.4 Å². The first-order chi connectivity index (χ1) is 8.26. The van der Waals surface area contributed by atoms with Crippen molar-refractivity contribution in [1.82, 2.24) is 9.97 Å². The van der Waals surface area contributed by atoms with Gasteiger partial charge in [-0.1, -0.05) is 13.3 Å². The maximum absolute atomic E-state index is 5.98. The average molecular weight is 253 g/mol. The summed E-state index contributed by atoms with van der Waals surface area (Å²) in [5.41, 5.74) is 8.19. The maximum atomic E-state index is 5.98. The minimum absolute atomic E-state index is 0.0109. The van der Waals surface area contributed by atoms with E-state index in [1.165, 1.54) is 0 Å². The monoisotopic (exact) mass is 253 g/mol. The molecule has 0 fully saturated rings. The fourth-order valence-corrected chi connectivity index (χ4v) is 3.04. The molecular weight excluding hydrogens is 234 g/mol. The second-order valence-electron chi connectivity index (χ2n) is 4.12. The first-order valence-electron chi connectivity index (χ1n) is 6.10. The lowest BCUT2D eigenvalue weighted by molar-refractivity contribution is 0.0493. The third kappa shape index (κ3) is 2.72. The van der Waals surface area contributed by atoms with Crippen LogP contribution in [0.15, 0.2) is 0 Å². The van der Waals surface area contributed by atoms with Crippen LogP contribution in [0.25, 0.3) is 0 Å². The lowest BCUT2D eigenvalue weighted by atomic mass is 10.1. The summed E-state index contributed by atoms with van der Waals surface area (Å²) in [5, 5.41) is 0. The van der Waals surface area contributed by atoms with Crippen LogP contribution in [0.2, 0.25) is 0 Å². The number of rotatable bonds is 5. The minimum atomic E-state index is -0.0109. The first kappa shape index (κ1) is 12.6. The molecule has 0 aliphatic carbocycles. The van der Waals surface area contributed by atoms with Crippen LogP contribution in [-0.2, 0) is 16.2 Å². The third-order valence-electron chi connectivity index (χ3n) is 2.83. The van der Waals surface area contributed by atoms with Gasteiger partial charge in [-0.25, -0.2) is 9.97 Å². The van der Waals surface area contributed by atoms with Crippen molar-refractivity contribution in [2.45, 2.75) is 44.3 Å². The van der Waals surface area contributed by atoms with Crippen LogP contribution < -0.4 is 5.73 Å². The Morgan fingerprint density at radius 2 is 2.18 bits per heavy atom. The zero-order chi connectivity index (χ0) is 12.3. The molecule has 0 radical (unpaired) electrons. The van der Waals surface area contributed by atoms with E-state index in [4.69, 9.17) is 10.5 Å². The molecule has 0 amide bonds. The smallest absolute Gasteiger partial charge is 0.159 e. The summed E-state index contributed by atoms with van der Waals surface area (Å²) in [7, 11) is 0. The van der Waals surface area contributed by atoms with Crippen molar-refractivity contribution in [3.63, 3.8) is 0 Å². The Kier molecular flexibility index (Phi) is 4.23. The zero-order valence-corrected chi connectivity index (χ0v) is 11.2. The molecule has 94 valence electrons. The SMILES string of the molecule is CCCC(OCC)c1nc(N)c2c(n1)CSC2. The largest absolute Gasteiger partial charge is 0.383 e. The Bertz CT molecular complexity index is 392. The molecule has 4 nitrogen and oxygen atoms in total. The number of nitrogens with two attached hydrogens (primary N) is 1. The highest BCUT2D eigenvalue weighted by Crippen LogP contribution is 2.33. The third-order valence-corrected chi connectivity index (χ3v) is 3.80. The van der Waals surface area contributed by atoms with E-state index in [2.05, 4.69) is 16.9 Å². The fourth-order valence-electron chi connectivity index (χ4n) is 1.99. The average Bonchev–Trinajstić information content (AvgIpc) is 2.77. The van der Waals surface area contributed by atoms with Crippen LogP contribution in [-0.4, -0.2) is 16.6 Å². The van der Waals surface area contributed by atoms with Crippen LogP contribution in [0, 0.1) is 0 Å². The summed E-state index contributed by atoms with van der Waals surface area (Å²) in [5.74, 6) is 3.28. The number of nitrogen functional groups attached to an aromatic ring is 1. The Labute approximate surface area is 106 Å². The van der Waals surface area contributed by atoms with Gasteiger partial charge in [0.25, 0.3) is 0 Å². The predicted octanol–water partition coefficient (Wildman–Crippen LogP) is 2.68. The van der Waals surface area contributed by atoms with Crippen LogP contribution >= 0.6 is 11.8 Å². The molecular formula is C12H19N3OS. The van der Waals surface area contributed by atoms with Crippen molar-refractivity contribution in [3.05, 3.63) is 17.1 Å². The first-order valence-corrected chi connectivity index (χ1v) is 7.26. The van der Waals surface area contributed by atoms with E-state index in [1.54, 1.807) is 0 Å². The molecule has 1 aromatic rings. The zero-order valence-electron chi connectivity index (χ0n) is 10.4. The number of ether oxygens (including phenoxy) is 1. The van der Waals surface area contributed by atoms with E-state index in [9.17, 15) is 0 Å². The molecule has 2 N–H and O–H groups in total. The van der Waals surface area contributed by atoms with Gasteiger partial charge in [0.05, 0.1) is 5.69 Å². The molecule has 1 aliphatic rings. The molecule has 1 aliphatic heterocycles. The van der Waals surface area contributed by atoms with Gasteiger partial charge in [-0.2, -0.15) is 11.8 Å². The van der Waals surface area contributed by atoms with Crippen molar-refractivity contribution >= 4 is 17.6 Å². The number of hydrogen-bond acceptors (Lipinski definition) is 5. The van der Waals surface area contributed by atoms with Gasteiger partial charge in [0.2, 0.25) is 0 Å². The van der Waals surface area contributed by atoms with Gasteiger partial charge < -0.3 is 10.5 Å². The van der Waals surface area contributed by atoms with Gasteiger partial charge in [-0.15, -0.1) is 0 Å². The molecule has 17 heavy (non-hydrogen) atoms. The minimum Gasteiger partial charge on any atom is -0.383 e. The van der Waals surface area contributed by atoms with Gasteiger partial charge in [0.1, 0.15) is 11.9 Å². The Balaban J connectivity index is 2.27. The van der Waals surface area contributed by atoms with Crippen molar-refractivity contribution < 1.29 is 4.74 Å². The van der Waals surface area contributed by atoms with Crippen molar-refractivity contribution in [1.29, 1.82) is 0 Å². The molecule has 0 spiro atoms. The molecule has 0 bridgehead atoms. The van der Waals surface area contributed by atoms with Crippen LogP contribution in [0.3, 0.4) is 0 Å². The number of fused-ring (bicyclic) bond motifs is 1. The highest BCUT2D eigenvalue weighted by Gasteiger charge is 2.22. The standard InChI is InChI=1S/C12H19N3OS/c1-3-5-10(16-4-2)12-14-9-7-17-6-8(9)11(13)15-12/h10H,3-7H2,1-2H3,(H2,13,14,15). The number of anilines is 1. The van der Waals surface area contributed by atoms with Crippen molar-refractivity contribution in [2.75, 3.05) is 12.3 Å². The molecule has 5 heteroatoms. The van der Waals surface area contributed by atoms with Crippen molar-refractivity contribution in [3.8, 4) is 0 Å². The molecule has 1 unspecified atom stereocenters. The molecule has 2 rings (SSSR count). The summed E-state index contributed by atoms with van der Waals surface area (Å²) in [6.45, 7) is 4.81. The summed E-state index contributed by atoms with van der Waals surface area (Å²) in [4.78, 5) is 9.03. The number of hydrogen-bond donors (Lipinski definition) is 1. The van der Waals surface area contributed by atoms with Gasteiger partial charge in [0.15, 0.2) is 5.82 Å². The summed E-state index contributed by atoms with van der Waals surface area (Å²) in [6, 6.07) is 0. The van der Waals surface area contributed by atoms with Crippen molar-refractivity contribution in [2.24, 2.45) is 0 Å². The van der Waals surface area contributed by atoms with Gasteiger partial charge >= 0.3 is 0 Å². The molecule has 2 heterocycles. The number of thioether (sulfide) groups is 1. The Morgan fingerprint density at radius 3 is 2.88 bits per heavy atom. The molecule has 0 saturated heterocycles. The highest BCUT2D eigenvalue weighted by atomic mass is 32.2. The normalized spacial score (nSPS) is 15.9. The molecule has 0 aromatic carbocycles. The lowest BCUT2D eigenvalue weighted by Gasteiger charge is -2.16. The lowest BCUT2D eigenvalue weighted by Crippen LogP contribution is -2.12. The quantitative estimate of drug-likeness (QED) is 0.874. The van der Waals surface area contributed by atoms with Crippen LogP contribution in [0.4, 0.5) is 5.82 Å². The van der Waals surface area contributed by atoms with Gasteiger partial charge in [-0.3, -0.25) is 0 Å². The molecule has 1 atom stereocenters. The van der Waals surface area contributed by atoms with Gasteiger partial charge in [-0.05, 0) is 13.3 Å². The second kappa shape index (κ2) is 5.69. The van der Waals surface area contributed by atoms with Crippen LogP contribution in [0.5, 0.6) is 0 Å². The fraction of sp³-hybridized carbons (Fsp3) is 0.667. The topological polar surface area (TPSA) is 61.0 Å². The predicted molar refractivity (Wildman–Crippen MR) is 70.7 cm³/mol. The summed E-state index contributed by atoms with van der Waals surface area (Å²) < 4.78 is 5.70. The summed E-state index contributed by atoms with van der Waals surface area (Å²) >= 11 is 1.84. The van der Waals surface area contributed by atoms with E-state index < -0.39 is 0 Å². The number of aromatic nitrogens is 2. The van der Waals surface area contributed by atoms with E-state index >= 15 is 0 Å². The molecule has 1 aromatic heterocycles.